The van der Waals surface area contributed by atoms with E-state index in [-0.39, 0.29) is 11.5 Å². The molecule has 2 aromatic rings. The van der Waals surface area contributed by atoms with Crippen LogP contribution in [0, 0.1) is 0 Å². The summed E-state index contributed by atoms with van der Waals surface area (Å²) in [5, 5.41) is 2.73. The summed E-state index contributed by atoms with van der Waals surface area (Å²) in [6.07, 6.45) is 2.66. The fourth-order valence-electron chi connectivity index (χ4n) is 2.30. The lowest BCUT2D eigenvalue weighted by Crippen LogP contribution is -2.24. The van der Waals surface area contributed by atoms with Crippen molar-refractivity contribution in [2.24, 2.45) is 0 Å². The predicted molar refractivity (Wildman–Crippen MR) is 91.3 cm³/mol. The van der Waals surface area contributed by atoms with Crippen molar-refractivity contribution < 1.29 is 22.0 Å². The molecule has 0 spiro atoms. The molecular formula is C18H19F2NO3S. The van der Waals surface area contributed by atoms with Gasteiger partial charge in [0.25, 0.3) is 5.91 Å². The van der Waals surface area contributed by atoms with Gasteiger partial charge in [0.05, 0.1) is 4.90 Å². The Morgan fingerprint density at radius 2 is 1.60 bits per heavy atom. The maximum atomic E-state index is 12.5. The Labute approximate surface area is 145 Å². The van der Waals surface area contributed by atoms with Gasteiger partial charge in [0.2, 0.25) is 9.84 Å². The number of unbranched alkanes of at least 4 members (excludes halogenated alkanes) is 1. The second-order valence-corrected chi connectivity index (χ2v) is 7.45. The minimum atomic E-state index is -4.64. The fourth-order valence-corrected chi connectivity index (χ4v) is 3.02. The molecule has 0 saturated heterocycles. The third-order valence-electron chi connectivity index (χ3n) is 3.70. The minimum Gasteiger partial charge on any atom is -0.352 e. The van der Waals surface area contributed by atoms with E-state index in [2.05, 4.69) is 5.32 Å². The standard InChI is InChI=1S/C18H19F2NO3S/c19-18(20)25(23,24)16-11-9-15(10-12-16)17(22)21-13-5-4-8-14-6-2-1-3-7-14/h1-3,6-7,9-12,18H,4-5,8,13H2,(H,21,22). The van der Waals surface area contributed by atoms with Crippen molar-refractivity contribution >= 4 is 15.7 Å². The summed E-state index contributed by atoms with van der Waals surface area (Å²) in [5.74, 6) is -3.84. The Balaban J connectivity index is 1.79. The van der Waals surface area contributed by atoms with Gasteiger partial charge in [0.15, 0.2) is 0 Å². The first-order valence-corrected chi connectivity index (χ1v) is 9.40. The highest BCUT2D eigenvalue weighted by molar-refractivity contribution is 7.91. The van der Waals surface area contributed by atoms with Crippen LogP contribution in [0.5, 0.6) is 0 Å². The van der Waals surface area contributed by atoms with Crippen LogP contribution in [0.3, 0.4) is 0 Å². The van der Waals surface area contributed by atoms with Crippen molar-refractivity contribution in [3.05, 3.63) is 65.7 Å². The van der Waals surface area contributed by atoms with E-state index >= 15 is 0 Å². The monoisotopic (exact) mass is 367 g/mol. The minimum absolute atomic E-state index is 0.233. The summed E-state index contributed by atoms with van der Waals surface area (Å²) >= 11 is 0. The van der Waals surface area contributed by atoms with Gasteiger partial charge in [-0.05, 0) is 49.1 Å². The maximum Gasteiger partial charge on any atom is 0.341 e. The average molecular weight is 367 g/mol. The predicted octanol–water partition coefficient (Wildman–Crippen LogP) is 3.44. The van der Waals surface area contributed by atoms with Crippen LogP contribution in [0.15, 0.2) is 59.5 Å². The number of aryl methyl sites for hydroxylation is 1. The molecule has 0 aliphatic rings. The van der Waals surface area contributed by atoms with E-state index in [4.69, 9.17) is 0 Å². The van der Waals surface area contributed by atoms with Crippen molar-refractivity contribution in [3.63, 3.8) is 0 Å². The van der Waals surface area contributed by atoms with E-state index in [0.717, 1.165) is 31.4 Å². The van der Waals surface area contributed by atoms with E-state index in [0.29, 0.717) is 6.54 Å². The van der Waals surface area contributed by atoms with Crippen molar-refractivity contribution in [1.82, 2.24) is 5.32 Å². The van der Waals surface area contributed by atoms with Crippen molar-refractivity contribution in [2.75, 3.05) is 6.54 Å². The number of hydrogen-bond acceptors (Lipinski definition) is 3. The molecule has 0 bridgehead atoms. The van der Waals surface area contributed by atoms with E-state index in [1.807, 2.05) is 30.3 Å². The van der Waals surface area contributed by atoms with Gasteiger partial charge in [-0.2, -0.15) is 8.78 Å². The van der Waals surface area contributed by atoms with Gasteiger partial charge < -0.3 is 5.32 Å². The van der Waals surface area contributed by atoms with Crippen LogP contribution in [0.1, 0.15) is 28.8 Å². The average Bonchev–Trinajstić information content (AvgIpc) is 2.62. The van der Waals surface area contributed by atoms with E-state index in [1.165, 1.54) is 17.7 Å². The second kappa shape index (κ2) is 8.71. The molecule has 0 saturated carbocycles. The number of hydrogen-bond donors (Lipinski definition) is 1. The molecule has 2 rings (SSSR count). The Bertz CT molecular complexity index is 791. The molecule has 1 amide bonds. The fraction of sp³-hybridized carbons (Fsp3) is 0.278. The molecule has 0 aliphatic carbocycles. The quantitative estimate of drug-likeness (QED) is 0.727. The molecule has 0 radical (unpaired) electrons. The Kier molecular flexibility index (Phi) is 6.64. The molecule has 134 valence electrons. The molecule has 0 atom stereocenters. The summed E-state index contributed by atoms with van der Waals surface area (Å²) < 4.78 is 47.6. The van der Waals surface area contributed by atoms with Crippen LogP contribution in [0.2, 0.25) is 0 Å². The summed E-state index contributed by atoms with van der Waals surface area (Å²) in [7, 11) is -4.64. The van der Waals surface area contributed by atoms with Gasteiger partial charge in [0, 0.05) is 12.1 Å². The summed E-state index contributed by atoms with van der Waals surface area (Å²) in [6.45, 7) is 0.489. The first kappa shape index (κ1) is 19.1. The summed E-state index contributed by atoms with van der Waals surface area (Å²) in [6, 6.07) is 14.5. The highest BCUT2D eigenvalue weighted by atomic mass is 32.2. The smallest absolute Gasteiger partial charge is 0.341 e. The maximum absolute atomic E-state index is 12.5. The molecule has 0 heterocycles. The van der Waals surface area contributed by atoms with Gasteiger partial charge in [0.1, 0.15) is 0 Å². The molecule has 0 aromatic heterocycles. The first-order chi connectivity index (χ1) is 11.9. The van der Waals surface area contributed by atoms with E-state index < -0.39 is 20.5 Å². The highest BCUT2D eigenvalue weighted by Gasteiger charge is 2.26. The molecule has 25 heavy (non-hydrogen) atoms. The van der Waals surface area contributed by atoms with Crippen molar-refractivity contribution in [1.29, 1.82) is 0 Å². The number of halogens is 2. The zero-order valence-corrected chi connectivity index (χ0v) is 14.3. The highest BCUT2D eigenvalue weighted by Crippen LogP contribution is 2.18. The van der Waals surface area contributed by atoms with Gasteiger partial charge in [-0.15, -0.1) is 0 Å². The van der Waals surface area contributed by atoms with Crippen LogP contribution >= 0.6 is 0 Å². The lowest BCUT2D eigenvalue weighted by molar-refractivity contribution is 0.0953. The number of sulfone groups is 1. The number of nitrogens with one attached hydrogen (secondary N) is 1. The van der Waals surface area contributed by atoms with Crippen LogP contribution in [0.4, 0.5) is 8.78 Å². The van der Waals surface area contributed by atoms with Crippen LogP contribution < -0.4 is 5.32 Å². The number of alkyl halides is 2. The SMILES string of the molecule is O=C(NCCCCc1ccccc1)c1ccc(S(=O)(=O)C(F)F)cc1. The lowest BCUT2D eigenvalue weighted by atomic mass is 10.1. The zero-order chi connectivity index (χ0) is 18.3. The number of benzene rings is 2. The molecule has 7 heteroatoms. The van der Waals surface area contributed by atoms with Gasteiger partial charge in [-0.3, -0.25) is 4.79 Å². The number of carbonyl (C=O) groups is 1. The molecule has 1 N–H and O–H groups in total. The Hall–Kier alpha value is -2.28. The number of carbonyl (C=O) groups excluding carboxylic acids is 1. The second-order valence-electron chi connectivity index (χ2n) is 5.53. The van der Waals surface area contributed by atoms with E-state index in [9.17, 15) is 22.0 Å². The van der Waals surface area contributed by atoms with Crippen LogP contribution in [0.25, 0.3) is 0 Å². The number of amides is 1. The topological polar surface area (TPSA) is 63.2 Å². The summed E-state index contributed by atoms with van der Waals surface area (Å²) in [4.78, 5) is 11.5. The number of rotatable bonds is 8. The molecule has 2 aromatic carbocycles. The third kappa shape index (κ3) is 5.35. The molecule has 0 fully saturated rings. The Morgan fingerprint density at radius 1 is 0.960 bits per heavy atom. The lowest BCUT2D eigenvalue weighted by Gasteiger charge is -2.07. The Morgan fingerprint density at radius 3 is 2.20 bits per heavy atom. The van der Waals surface area contributed by atoms with Crippen LogP contribution in [-0.4, -0.2) is 26.6 Å². The van der Waals surface area contributed by atoms with Crippen LogP contribution in [-0.2, 0) is 16.3 Å². The van der Waals surface area contributed by atoms with Gasteiger partial charge in [-0.25, -0.2) is 8.42 Å². The molecule has 4 nitrogen and oxygen atoms in total. The largest absolute Gasteiger partial charge is 0.352 e. The summed E-state index contributed by atoms with van der Waals surface area (Å²) in [5.41, 5.74) is 1.47. The van der Waals surface area contributed by atoms with E-state index in [1.54, 1.807) is 0 Å². The molecule has 0 unspecified atom stereocenters. The molecular weight excluding hydrogens is 348 g/mol. The van der Waals surface area contributed by atoms with Crippen molar-refractivity contribution in [3.8, 4) is 0 Å². The first-order valence-electron chi connectivity index (χ1n) is 7.85. The third-order valence-corrected chi connectivity index (χ3v) is 5.10. The molecule has 0 aliphatic heterocycles. The van der Waals surface area contributed by atoms with Gasteiger partial charge >= 0.3 is 5.76 Å². The zero-order valence-electron chi connectivity index (χ0n) is 13.5. The normalized spacial score (nSPS) is 11.5. The van der Waals surface area contributed by atoms with Crippen molar-refractivity contribution in [2.45, 2.75) is 29.9 Å². The van der Waals surface area contributed by atoms with Gasteiger partial charge in [-0.1, -0.05) is 30.3 Å².